The summed E-state index contributed by atoms with van der Waals surface area (Å²) >= 11 is 0. The monoisotopic (exact) mass is 822 g/mol. The van der Waals surface area contributed by atoms with E-state index in [0.717, 1.165) is 44.4 Å². The van der Waals surface area contributed by atoms with E-state index < -0.39 is 83.0 Å². The molecule has 0 radical (unpaired) electrons. The third-order valence-corrected chi connectivity index (χ3v) is 10.9. The van der Waals surface area contributed by atoms with Crippen LogP contribution in [0, 0.1) is 11.8 Å². The zero-order valence-corrected chi connectivity index (χ0v) is 35.2. The number of esters is 2. The first-order valence-electron chi connectivity index (χ1n) is 21.1. The van der Waals surface area contributed by atoms with E-state index in [1.54, 1.807) is 12.2 Å². The summed E-state index contributed by atoms with van der Waals surface area (Å²) in [5, 5.41) is 49.3. The van der Waals surface area contributed by atoms with E-state index in [1.807, 2.05) is 12.2 Å². The molecule has 0 saturated carbocycles. The Morgan fingerprint density at radius 2 is 1.48 bits per heavy atom. The predicted molar refractivity (Wildman–Crippen MR) is 213 cm³/mol. The Morgan fingerprint density at radius 3 is 2.16 bits per heavy atom. The quantitative estimate of drug-likeness (QED) is 0.0175. The number of allylic oxidation sites excluding steroid dienone is 2. The summed E-state index contributed by atoms with van der Waals surface area (Å²) in [7, 11) is -4.69. The first-order valence-corrected chi connectivity index (χ1v) is 22.6. The van der Waals surface area contributed by atoms with Gasteiger partial charge in [0.05, 0.1) is 38.1 Å². The highest BCUT2D eigenvalue weighted by atomic mass is 31.2. The van der Waals surface area contributed by atoms with E-state index in [2.05, 4.69) is 25.3 Å². The molecule has 1 rings (SSSR count). The molecule has 0 aromatic carbocycles. The van der Waals surface area contributed by atoms with E-state index in [9.17, 15) is 39.5 Å². The lowest BCUT2D eigenvalue weighted by atomic mass is 9.87. The number of aliphatic hydroxyl groups excluding tert-OH is 5. The van der Waals surface area contributed by atoms with Gasteiger partial charge < -0.3 is 44.6 Å². The van der Waals surface area contributed by atoms with E-state index in [1.165, 1.54) is 38.5 Å². The summed E-state index contributed by atoms with van der Waals surface area (Å²) in [5.74, 6) is -0.668. The first-order chi connectivity index (χ1) is 26.8. The molecule has 1 heterocycles. The van der Waals surface area contributed by atoms with Gasteiger partial charge in [0.2, 0.25) is 0 Å². The van der Waals surface area contributed by atoms with Crippen LogP contribution in [0.2, 0.25) is 0 Å². The molecule has 1 aliphatic rings. The lowest BCUT2D eigenvalue weighted by Crippen LogP contribution is -2.43. The van der Waals surface area contributed by atoms with Gasteiger partial charge in [-0.05, 0) is 38.0 Å². The maximum atomic E-state index is 12.7. The Hall–Kier alpha value is -1.71. The van der Waals surface area contributed by atoms with Crippen LogP contribution in [0.25, 0.3) is 0 Å². The van der Waals surface area contributed by atoms with Crippen molar-refractivity contribution >= 4 is 19.8 Å². The summed E-state index contributed by atoms with van der Waals surface area (Å²) in [6.45, 7) is 4.24. The van der Waals surface area contributed by atoms with Gasteiger partial charge in [-0.15, -0.1) is 0 Å². The van der Waals surface area contributed by atoms with Gasteiger partial charge in [0, 0.05) is 25.2 Å². The van der Waals surface area contributed by atoms with Crippen molar-refractivity contribution in [3.8, 4) is 0 Å². The zero-order valence-electron chi connectivity index (χ0n) is 34.3. The molecule has 328 valence electrons. The number of ether oxygens (including phenoxy) is 3. The lowest BCUT2D eigenvalue weighted by molar-refractivity contribution is -0.199. The minimum absolute atomic E-state index is 0.00866. The van der Waals surface area contributed by atoms with Crippen LogP contribution in [-0.2, 0) is 37.4 Å². The molecule has 14 nitrogen and oxygen atoms in total. The highest BCUT2D eigenvalue weighted by molar-refractivity contribution is 7.47. The number of rotatable bonds is 34. The Kier molecular flexibility index (Phi) is 30.1. The number of unbranched alkanes of at least 4 members (excludes halogenated alkanes) is 10. The van der Waals surface area contributed by atoms with Crippen LogP contribution in [0.15, 0.2) is 24.3 Å². The highest BCUT2D eigenvalue weighted by Gasteiger charge is 2.35. The predicted octanol–water partition coefficient (Wildman–Crippen LogP) is 6.57. The Labute approximate surface area is 335 Å². The topological polar surface area (TPSA) is 219 Å². The average molecular weight is 823 g/mol. The van der Waals surface area contributed by atoms with Gasteiger partial charge in [-0.3, -0.25) is 18.6 Å². The van der Waals surface area contributed by atoms with Gasteiger partial charge in [0.1, 0.15) is 12.7 Å². The lowest BCUT2D eigenvalue weighted by Gasteiger charge is -2.36. The number of phosphoric ester groups is 1. The van der Waals surface area contributed by atoms with Gasteiger partial charge in [0.15, 0.2) is 12.4 Å². The maximum Gasteiger partial charge on any atom is 0.472 e. The van der Waals surface area contributed by atoms with Gasteiger partial charge >= 0.3 is 19.8 Å². The van der Waals surface area contributed by atoms with Crippen molar-refractivity contribution in [3.05, 3.63) is 24.3 Å². The standard InChI is InChI=1S/C41H75O14P/c1-4-6-15-21-33(43)25-26-38-36(37(45)27-41(48)55-38)22-17-13-14-19-24-40(47)54-35(31-53-56(49,50)52-29-34(44)28-42)30-51-39(46)23-18-12-10-8-7-9-11-16-20-32(3)5-2/h13,17,25-26,32-38,41-45,48H,4-12,14-16,18-24,27-31H2,1-3H3,(H,49,50)/b17-13-,26-25+/t32?,33-,34-,35+,36-,37-,38+,41?/m0/s1. The molecule has 0 aromatic rings. The van der Waals surface area contributed by atoms with Crippen molar-refractivity contribution in [2.45, 2.75) is 186 Å². The minimum Gasteiger partial charge on any atom is -0.462 e. The largest absolute Gasteiger partial charge is 0.472 e. The van der Waals surface area contributed by atoms with Gasteiger partial charge in [0.25, 0.3) is 0 Å². The Bertz CT molecular complexity index is 1120. The van der Waals surface area contributed by atoms with Crippen molar-refractivity contribution in [2.24, 2.45) is 11.8 Å². The second kappa shape index (κ2) is 32.2. The fourth-order valence-corrected chi connectivity index (χ4v) is 6.97. The van der Waals surface area contributed by atoms with E-state index in [4.69, 9.17) is 23.8 Å². The third-order valence-electron chi connectivity index (χ3n) is 9.94. The SMILES string of the molecule is CCCCC[C@H](O)/C=C/[C@H]1OC(O)C[C@H](O)[C@@H]1C/C=C\CCCC(=O)O[C@H](COC(=O)CCCCCCCCCCC(C)CC)COP(=O)(O)OC[C@@H](O)CO. The van der Waals surface area contributed by atoms with Crippen molar-refractivity contribution in [1.82, 2.24) is 0 Å². The smallest absolute Gasteiger partial charge is 0.462 e. The molecule has 15 heteroatoms. The molecule has 6 N–H and O–H groups in total. The second-order valence-electron chi connectivity index (χ2n) is 15.1. The van der Waals surface area contributed by atoms with Crippen molar-refractivity contribution in [3.63, 3.8) is 0 Å². The molecule has 1 aliphatic heterocycles. The summed E-state index contributed by atoms with van der Waals surface area (Å²) in [4.78, 5) is 35.1. The Morgan fingerprint density at radius 1 is 0.839 bits per heavy atom. The van der Waals surface area contributed by atoms with Crippen molar-refractivity contribution < 1.29 is 67.8 Å². The maximum absolute atomic E-state index is 12.7. The summed E-state index contributed by atoms with van der Waals surface area (Å²) < 4.78 is 38.3. The van der Waals surface area contributed by atoms with E-state index in [0.29, 0.717) is 32.1 Å². The molecule has 0 aliphatic carbocycles. The summed E-state index contributed by atoms with van der Waals surface area (Å²) in [5.41, 5.74) is 0. The molecule has 9 atom stereocenters. The molecule has 1 fully saturated rings. The van der Waals surface area contributed by atoms with Gasteiger partial charge in [-0.25, -0.2) is 4.57 Å². The summed E-state index contributed by atoms with van der Waals surface area (Å²) in [6.07, 6.45) is 17.7. The molecular weight excluding hydrogens is 747 g/mol. The second-order valence-corrected chi connectivity index (χ2v) is 16.6. The highest BCUT2D eigenvalue weighted by Crippen LogP contribution is 2.43. The van der Waals surface area contributed by atoms with Crippen molar-refractivity contribution in [2.75, 3.05) is 26.4 Å². The van der Waals surface area contributed by atoms with E-state index >= 15 is 0 Å². The van der Waals surface area contributed by atoms with Crippen LogP contribution in [0.4, 0.5) is 0 Å². The first kappa shape index (κ1) is 52.3. The van der Waals surface area contributed by atoms with Crippen molar-refractivity contribution in [1.29, 1.82) is 0 Å². The van der Waals surface area contributed by atoms with Crippen LogP contribution >= 0.6 is 7.82 Å². The molecular formula is C41H75O14P. The van der Waals surface area contributed by atoms with Gasteiger partial charge in [-0.1, -0.05) is 122 Å². The number of aliphatic hydroxyl groups is 5. The zero-order chi connectivity index (χ0) is 41.6. The number of carbonyl (C=O) groups is 2. The molecule has 0 amide bonds. The average Bonchev–Trinajstić information content (AvgIpc) is 3.16. The van der Waals surface area contributed by atoms with Crippen LogP contribution in [-0.4, -0.2) is 106 Å². The Balaban J connectivity index is 2.56. The molecule has 0 spiro atoms. The fraction of sp³-hybridized carbons (Fsp3) is 0.854. The molecule has 56 heavy (non-hydrogen) atoms. The molecule has 0 aromatic heterocycles. The number of hydrogen-bond acceptors (Lipinski definition) is 13. The minimum atomic E-state index is -4.69. The molecule has 1 saturated heterocycles. The van der Waals surface area contributed by atoms with Crippen LogP contribution < -0.4 is 0 Å². The number of phosphoric acid groups is 1. The van der Waals surface area contributed by atoms with E-state index in [-0.39, 0.29) is 25.2 Å². The number of carbonyl (C=O) groups excluding carboxylic acids is 2. The number of hydrogen-bond donors (Lipinski definition) is 6. The molecule has 3 unspecified atom stereocenters. The summed E-state index contributed by atoms with van der Waals surface area (Å²) in [6, 6.07) is 0. The molecule has 0 bridgehead atoms. The van der Waals surface area contributed by atoms with Crippen LogP contribution in [0.1, 0.15) is 149 Å². The van der Waals surface area contributed by atoms with Gasteiger partial charge in [-0.2, -0.15) is 0 Å². The van der Waals surface area contributed by atoms with Crippen LogP contribution in [0.3, 0.4) is 0 Å². The fourth-order valence-electron chi connectivity index (χ4n) is 6.18. The third kappa shape index (κ3) is 27.1. The van der Waals surface area contributed by atoms with Crippen LogP contribution in [0.5, 0.6) is 0 Å². The normalized spacial score (nSPS) is 22.2.